The summed E-state index contributed by atoms with van der Waals surface area (Å²) in [6.07, 6.45) is 0. The smallest absolute Gasteiger partial charge is 0.261 e. The minimum absolute atomic E-state index is 0.106. The first-order chi connectivity index (χ1) is 14.3. The second-order valence-corrected chi connectivity index (χ2v) is 9.10. The average Bonchev–Trinajstić information content (AvgIpc) is 2.74. The largest absolute Gasteiger partial charge is 0.383 e. The summed E-state index contributed by atoms with van der Waals surface area (Å²) in [6.45, 7) is 4.23. The van der Waals surface area contributed by atoms with Gasteiger partial charge in [-0.25, -0.2) is 13.4 Å². The highest BCUT2D eigenvalue weighted by Gasteiger charge is 2.32. The van der Waals surface area contributed by atoms with Crippen LogP contribution in [0.1, 0.15) is 25.7 Å². The monoisotopic (exact) mass is 449 g/mol. The zero-order chi connectivity index (χ0) is 21.9. The van der Waals surface area contributed by atoms with E-state index in [4.69, 9.17) is 16.3 Å². The molecule has 0 aliphatic heterocycles. The van der Waals surface area contributed by atoms with E-state index in [1.165, 1.54) is 40.2 Å². The van der Waals surface area contributed by atoms with E-state index in [9.17, 15) is 13.2 Å². The van der Waals surface area contributed by atoms with Crippen LogP contribution in [0.25, 0.3) is 10.9 Å². The molecule has 9 heteroatoms. The second kappa shape index (κ2) is 9.26. The lowest BCUT2D eigenvalue weighted by atomic mass is 10.2. The Balaban J connectivity index is 2.15. The highest BCUT2D eigenvalue weighted by Crippen LogP contribution is 2.27. The van der Waals surface area contributed by atoms with Crippen molar-refractivity contribution in [2.75, 3.05) is 20.3 Å². The summed E-state index contributed by atoms with van der Waals surface area (Å²) in [5.41, 5.74) is 0.338. The number of para-hydroxylation sites is 1. The fourth-order valence-corrected chi connectivity index (χ4v) is 5.09. The predicted molar refractivity (Wildman–Crippen MR) is 117 cm³/mol. The number of nitrogens with zero attached hydrogens (tertiary/aromatic N) is 3. The zero-order valence-corrected chi connectivity index (χ0v) is 18.7. The van der Waals surface area contributed by atoms with Crippen molar-refractivity contribution in [2.24, 2.45) is 0 Å². The predicted octanol–water partition coefficient (Wildman–Crippen LogP) is 3.47. The topological polar surface area (TPSA) is 81.5 Å². The molecule has 0 fully saturated rings. The highest BCUT2D eigenvalue weighted by atomic mass is 35.5. The number of fused-ring (bicyclic) bond motifs is 1. The van der Waals surface area contributed by atoms with E-state index in [2.05, 4.69) is 4.98 Å². The van der Waals surface area contributed by atoms with Gasteiger partial charge in [0.05, 0.1) is 28.4 Å². The molecule has 0 aliphatic rings. The molecule has 1 unspecified atom stereocenters. The fourth-order valence-electron chi connectivity index (χ4n) is 3.38. The third-order valence-electron chi connectivity index (χ3n) is 4.95. The van der Waals surface area contributed by atoms with Crippen molar-refractivity contribution in [3.8, 4) is 0 Å². The van der Waals surface area contributed by atoms with Crippen LogP contribution in [0.3, 0.4) is 0 Å². The van der Waals surface area contributed by atoms with Crippen molar-refractivity contribution < 1.29 is 13.2 Å². The van der Waals surface area contributed by atoms with E-state index in [-0.39, 0.29) is 23.6 Å². The van der Waals surface area contributed by atoms with Gasteiger partial charge in [-0.3, -0.25) is 9.36 Å². The number of hydrogen-bond acceptors (Lipinski definition) is 5. The molecular weight excluding hydrogens is 426 g/mol. The molecule has 7 nitrogen and oxygen atoms in total. The molecule has 0 spiro atoms. The van der Waals surface area contributed by atoms with Gasteiger partial charge in [0.2, 0.25) is 10.0 Å². The third kappa shape index (κ3) is 4.27. The van der Waals surface area contributed by atoms with E-state index in [1.807, 2.05) is 6.92 Å². The molecule has 3 rings (SSSR count). The maximum absolute atomic E-state index is 13.4. The van der Waals surface area contributed by atoms with Gasteiger partial charge in [0.1, 0.15) is 5.82 Å². The maximum atomic E-state index is 13.4. The van der Waals surface area contributed by atoms with Gasteiger partial charge in [-0.05, 0) is 50.2 Å². The summed E-state index contributed by atoms with van der Waals surface area (Å²) >= 11 is 5.92. The van der Waals surface area contributed by atoms with Crippen molar-refractivity contribution in [1.82, 2.24) is 13.9 Å². The van der Waals surface area contributed by atoms with Crippen LogP contribution in [-0.4, -0.2) is 42.5 Å². The number of hydrogen-bond donors (Lipinski definition) is 0. The summed E-state index contributed by atoms with van der Waals surface area (Å²) < 4.78 is 34.8. The lowest BCUT2D eigenvalue weighted by Gasteiger charge is -2.29. The van der Waals surface area contributed by atoms with Crippen molar-refractivity contribution in [3.05, 3.63) is 69.7 Å². The Bertz CT molecular complexity index is 1190. The standard InChI is InChI=1S/C21H24ClN3O4S/c1-4-24-20(23-19-8-6-5-7-18(19)21(24)26)15(2)25(13-14-29-3)30(27,28)17-11-9-16(22)10-12-17/h5-12,15H,4,13-14H2,1-3H3. The van der Waals surface area contributed by atoms with Gasteiger partial charge in [0.15, 0.2) is 0 Å². The quantitative estimate of drug-likeness (QED) is 0.526. The Labute approximate surface area is 180 Å². The fraction of sp³-hybridized carbons (Fsp3) is 0.333. The number of rotatable bonds is 8. The molecule has 0 bridgehead atoms. The third-order valence-corrected chi connectivity index (χ3v) is 7.19. The Kier molecular flexibility index (Phi) is 6.92. The highest BCUT2D eigenvalue weighted by molar-refractivity contribution is 7.89. The molecular formula is C21H24ClN3O4S. The van der Waals surface area contributed by atoms with Gasteiger partial charge < -0.3 is 4.74 Å². The second-order valence-electron chi connectivity index (χ2n) is 6.78. The Hall–Kier alpha value is -2.26. The molecule has 160 valence electrons. The van der Waals surface area contributed by atoms with Crippen LogP contribution in [0.2, 0.25) is 5.02 Å². The lowest BCUT2D eigenvalue weighted by Crippen LogP contribution is -2.39. The minimum atomic E-state index is -3.89. The Morgan fingerprint density at radius 3 is 2.47 bits per heavy atom. The van der Waals surface area contributed by atoms with E-state index in [0.717, 1.165) is 0 Å². The van der Waals surface area contributed by atoms with Gasteiger partial charge in [0.25, 0.3) is 5.56 Å². The Morgan fingerprint density at radius 1 is 1.17 bits per heavy atom. The molecule has 30 heavy (non-hydrogen) atoms. The summed E-state index contributed by atoms with van der Waals surface area (Å²) in [5.74, 6) is 0.384. The van der Waals surface area contributed by atoms with Gasteiger partial charge in [-0.2, -0.15) is 4.31 Å². The first-order valence-electron chi connectivity index (χ1n) is 9.57. The van der Waals surface area contributed by atoms with E-state index in [0.29, 0.717) is 28.3 Å². The normalized spacial score (nSPS) is 13.1. The van der Waals surface area contributed by atoms with Crippen LogP contribution < -0.4 is 5.56 Å². The van der Waals surface area contributed by atoms with Crippen LogP contribution in [0, 0.1) is 0 Å². The number of aromatic nitrogens is 2. The van der Waals surface area contributed by atoms with Crippen molar-refractivity contribution >= 4 is 32.5 Å². The molecule has 1 atom stereocenters. The molecule has 0 amide bonds. The molecule has 0 saturated carbocycles. The summed E-state index contributed by atoms with van der Waals surface area (Å²) in [6, 6.07) is 12.3. The summed E-state index contributed by atoms with van der Waals surface area (Å²) in [4.78, 5) is 17.8. The van der Waals surface area contributed by atoms with Crippen LogP contribution >= 0.6 is 11.6 Å². The molecule has 1 aromatic heterocycles. The minimum Gasteiger partial charge on any atom is -0.383 e. The molecule has 0 saturated heterocycles. The van der Waals surface area contributed by atoms with Gasteiger partial charge >= 0.3 is 0 Å². The van der Waals surface area contributed by atoms with Gasteiger partial charge in [0, 0.05) is 25.2 Å². The number of ether oxygens (including phenoxy) is 1. The number of sulfonamides is 1. The molecule has 0 radical (unpaired) electrons. The van der Waals surface area contributed by atoms with Crippen LogP contribution in [0.5, 0.6) is 0 Å². The van der Waals surface area contributed by atoms with E-state index in [1.54, 1.807) is 31.2 Å². The molecule has 0 aliphatic carbocycles. The Morgan fingerprint density at radius 2 is 1.83 bits per heavy atom. The van der Waals surface area contributed by atoms with Crippen LogP contribution in [0.4, 0.5) is 0 Å². The number of methoxy groups -OCH3 is 1. The van der Waals surface area contributed by atoms with Gasteiger partial charge in [-0.1, -0.05) is 23.7 Å². The summed E-state index contributed by atoms with van der Waals surface area (Å²) in [7, 11) is -2.38. The van der Waals surface area contributed by atoms with Crippen molar-refractivity contribution in [1.29, 1.82) is 0 Å². The molecule has 2 aromatic carbocycles. The van der Waals surface area contributed by atoms with Crippen molar-refractivity contribution in [2.45, 2.75) is 31.3 Å². The number of halogens is 1. The molecule has 0 N–H and O–H groups in total. The average molecular weight is 450 g/mol. The van der Waals surface area contributed by atoms with Crippen LogP contribution in [-0.2, 0) is 21.3 Å². The molecule has 3 aromatic rings. The SMILES string of the molecule is CCn1c(C(C)N(CCOC)S(=O)(=O)c2ccc(Cl)cc2)nc2ccccc2c1=O. The number of benzene rings is 2. The van der Waals surface area contributed by atoms with Gasteiger partial charge in [-0.15, -0.1) is 0 Å². The van der Waals surface area contributed by atoms with Crippen molar-refractivity contribution in [3.63, 3.8) is 0 Å². The first-order valence-corrected chi connectivity index (χ1v) is 11.4. The van der Waals surface area contributed by atoms with E-state index >= 15 is 0 Å². The van der Waals surface area contributed by atoms with E-state index < -0.39 is 16.1 Å². The maximum Gasteiger partial charge on any atom is 0.261 e. The molecule has 1 heterocycles. The first kappa shape index (κ1) is 22.4. The summed E-state index contributed by atoms with van der Waals surface area (Å²) in [5, 5.41) is 0.945. The zero-order valence-electron chi connectivity index (χ0n) is 17.1. The lowest BCUT2D eigenvalue weighted by molar-refractivity contribution is 0.166. The van der Waals surface area contributed by atoms with Crippen LogP contribution in [0.15, 0.2) is 58.2 Å².